The van der Waals surface area contributed by atoms with E-state index in [2.05, 4.69) is 49.6 Å². The van der Waals surface area contributed by atoms with E-state index in [1.807, 2.05) is 32.0 Å². The summed E-state index contributed by atoms with van der Waals surface area (Å²) in [4.78, 5) is 0. The zero-order valence-electron chi connectivity index (χ0n) is 16.2. The van der Waals surface area contributed by atoms with Gasteiger partial charge in [-0.05, 0) is 81.7 Å². The van der Waals surface area contributed by atoms with Gasteiger partial charge in [0.1, 0.15) is 0 Å². The number of rotatable bonds is 7. The number of hydrogen-bond donors (Lipinski definition) is 2. The first kappa shape index (κ1) is 20.0. The zero-order valence-corrected chi connectivity index (χ0v) is 17.0. The molecule has 1 atom stereocenters. The number of hydrogen-bond acceptors (Lipinski definition) is 3. The highest BCUT2D eigenvalue weighted by Gasteiger charge is 2.12. The van der Waals surface area contributed by atoms with Crippen LogP contribution in [0.3, 0.4) is 0 Å². The Bertz CT molecular complexity index is 762. The Morgan fingerprint density at radius 1 is 1.00 bits per heavy atom. The number of nitrogens with one attached hydrogen (secondary N) is 2. The van der Waals surface area contributed by atoms with Crippen LogP contribution >= 0.6 is 12.2 Å². The van der Waals surface area contributed by atoms with Crippen molar-refractivity contribution in [1.82, 2.24) is 5.32 Å². The molecule has 0 aliphatic heterocycles. The van der Waals surface area contributed by atoms with Gasteiger partial charge < -0.3 is 20.1 Å². The monoisotopic (exact) mass is 372 g/mol. The van der Waals surface area contributed by atoms with Crippen LogP contribution in [0.15, 0.2) is 36.4 Å². The fourth-order valence-electron chi connectivity index (χ4n) is 2.65. The van der Waals surface area contributed by atoms with Crippen LogP contribution in [0.5, 0.6) is 11.5 Å². The van der Waals surface area contributed by atoms with E-state index in [0.29, 0.717) is 18.3 Å². The number of ether oxygens (including phenoxy) is 2. The molecule has 0 fully saturated rings. The fourth-order valence-corrected chi connectivity index (χ4v) is 2.93. The molecule has 5 heteroatoms. The molecular weight excluding hydrogens is 344 g/mol. The molecule has 2 N–H and O–H groups in total. The standard InChI is InChI=1S/C21H28N2O2S/c1-6-24-19-11-10-17(13-20(19)25-7-2)16(5)22-21(26)23-18-12-14(3)8-9-15(18)4/h8-13,16H,6-7H2,1-5H3,(H2,22,23,26)/t16-/m0/s1. The van der Waals surface area contributed by atoms with Gasteiger partial charge in [-0.3, -0.25) is 0 Å². The summed E-state index contributed by atoms with van der Waals surface area (Å²) < 4.78 is 11.3. The smallest absolute Gasteiger partial charge is 0.171 e. The minimum atomic E-state index is 0.0370. The first-order valence-corrected chi connectivity index (χ1v) is 9.39. The molecule has 0 saturated heterocycles. The van der Waals surface area contributed by atoms with E-state index in [1.165, 1.54) is 5.56 Å². The Hall–Kier alpha value is -2.27. The number of aryl methyl sites for hydroxylation is 2. The van der Waals surface area contributed by atoms with Crippen molar-refractivity contribution < 1.29 is 9.47 Å². The highest BCUT2D eigenvalue weighted by Crippen LogP contribution is 2.30. The molecular formula is C21H28N2O2S. The second-order valence-electron chi connectivity index (χ2n) is 6.21. The molecule has 0 spiro atoms. The third kappa shape index (κ3) is 5.36. The van der Waals surface area contributed by atoms with Crippen molar-refractivity contribution in [2.45, 2.75) is 40.7 Å². The van der Waals surface area contributed by atoms with Crippen LogP contribution < -0.4 is 20.1 Å². The Morgan fingerprint density at radius 3 is 2.38 bits per heavy atom. The van der Waals surface area contributed by atoms with E-state index >= 15 is 0 Å². The Kier molecular flexibility index (Phi) is 7.27. The first-order chi connectivity index (χ1) is 12.4. The van der Waals surface area contributed by atoms with Gasteiger partial charge in [0.25, 0.3) is 0 Å². The molecule has 2 aromatic rings. The molecule has 0 aromatic heterocycles. The fraction of sp³-hybridized carbons (Fsp3) is 0.381. The van der Waals surface area contributed by atoms with Crippen molar-refractivity contribution in [3.63, 3.8) is 0 Å². The van der Waals surface area contributed by atoms with Gasteiger partial charge in [0.15, 0.2) is 16.6 Å². The Morgan fingerprint density at radius 2 is 1.69 bits per heavy atom. The number of thiocarbonyl (C=S) groups is 1. The predicted molar refractivity (Wildman–Crippen MR) is 112 cm³/mol. The summed E-state index contributed by atoms with van der Waals surface area (Å²) in [6.45, 7) is 11.3. The van der Waals surface area contributed by atoms with E-state index in [0.717, 1.165) is 28.3 Å². The summed E-state index contributed by atoms with van der Waals surface area (Å²) in [6.07, 6.45) is 0. The lowest BCUT2D eigenvalue weighted by molar-refractivity contribution is 0.287. The van der Waals surface area contributed by atoms with Gasteiger partial charge in [-0.1, -0.05) is 18.2 Å². The Labute approximate surface area is 161 Å². The molecule has 0 saturated carbocycles. The first-order valence-electron chi connectivity index (χ1n) is 8.98. The maximum Gasteiger partial charge on any atom is 0.171 e. The SMILES string of the molecule is CCOc1ccc([C@H](C)NC(=S)Nc2cc(C)ccc2C)cc1OCC. The van der Waals surface area contributed by atoms with Gasteiger partial charge in [0.05, 0.1) is 19.3 Å². The molecule has 0 bridgehead atoms. The molecule has 4 nitrogen and oxygen atoms in total. The molecule has 0 aliphatic carbocycles. The van der Waals surface area contributed by atoms with Gasteiger partial charge in [0, 0.05) is 5.69 Å². The normalized spacial score (nSPS) is 11.6. The van der Waals surface area contributed by atoms with Gasteiger partial charge in [-0.2, -0.15) is 0 Å². The van der Waals surface area contributed by atoms with Crippen LogP contribution in [0, 0.1) is 13.8 Å². The molecule has 0 heterocycles. The minimum absolute atomic E-state index is 0.0370. The van der Waals surface area contributed by atoms with E-state index in [9.17, 15) is 0 Å². The summed E-state index contributed by atoms with van der Waals surface area (Å²) in [6, 6.07) is 12.3. The van der Waals surface area contributed by atoms with E-state index in [4.69, 9.17) is 21.7 Å². The molecule has 2 aromatic carbocycles. The Balaban J connectivity index is 2.08. The van der Waals surface area contributed by atoms with Gasteiger partial charge in [-0.25, -0.2) is 0 Å². The maximum absolute atomic E-state index is 5.71. The van der Waals surface area contributed by atoms with Crippen LogP contribution in [0.2, 0.25) is 0 Å². The van der Waals surface area contributed by atoms with Gasteiger partial charge >= 0.3 is 0 Å². The molecule has 26 heavy (non-hydrogen) atoms. The van der Waals surface area contributed by atoms with E-state index in [1.54, 1.807) is 0 Å². The average molecular weight is 373 g/mol. The summed E-state index contributed by atoms with van der Waals surface area (Å²) in [5.41, 5.74) is 4.47. The minimum Gasteiger partial charge on any atom is -0.490 e. The van der Waals surface area contributed by atoms with Crippen molar-refractivity contribution in [2.75, 3.05) is 18.5 Å². The summed E-state index contributed by atoms with van der Waals surface area (Å²) in [7, 11) is 0. The maximum atomic E-state index is 5.71. The van der Waals surface area contributed by atoms with Crippen LogP contribution in [0.1, 0.15) is 43.5 Å². The molecule has 0 aliphatic rings. The highest BCUT2D eigenvalue weighted by molar-refractivity contribution is 7.80. The zero-order chi connectivity index (χ0) is 19.1. The predicted octanol–water partition coefficient (Wildman–Crippen LogP) is 5.15. The van der Waals surface area contributed by atoms with Gasteiger partial charge in [0.2, 0.25) is 0 Å². The topological polar surface area (TPSA) is 42.5 Å². The summed E-state index contributed by atoms with van der Waals surface area (Å²) >= 11 is 5.49. The third-order valence-electron chi connectivity index (χ3n) is 4.06. The van der Waals surface area contributed by atoms with Crippen LogP contribution in [0.25, 0.3) is 0 Å². The quantitative estimate of drug-likeness (QED) is 0.658. The largest absolute Gasteiger partial charge is 0.490 e. The summed E-state index contributed by atoms with van der Waals surface area (Å²) in [5, 5.41) is 7.22. The molecule has 140 valence electrons. The van der Waals surface area contributed by atoms with Crippen molar-refractivity contribution >= 4 is 23.0 Å². The number of anilines is 1. The lowest BCUT2D eigenvalue weighted by Crippen LogP contribution is -2.31. The molecule has 0 radical (unpaired) electrons. The second kappa shape index (κ2) is 9.43. The number of benzene rings is 2. The van der Waals surface area contributed by atoms with Crippen LogP contribution in [-0.4, -0.2) is 18.3 Å². The molecule has 0 unspecified atom stereocenters. The van der Waals surface area contributed by atoms with Crippen LogP contribution in [-0.2, 0) is 0 Å². The summed E-state index contributed by atoms with van der Waals surface area (Å²) in [5.74, 6) is 1.52. The lowest BCUT2D eigenvalue weighted by atomic mass is 10.1. The average Bonchev–Trinajstić information content (AvgIpc) is 2.60. The van der Waals surface area contributed by atoms with Crippen molar-refractivity contribution in [3.8, 4) is 11.5 Å². The highest BCUT2D eigenvalue weighted by atomic mass is 32.1. The van der Waals surface area contributed by atoms with Crippen molar-refractivity contribution in [1.29, 1.82) is 0 Å². The van der Waals surface area contributed by atoms with Gasteiger partial charge in [-0.15, -0.1) is 0 Å². The third-order valence-corrected chi connectivity index (χ3v) is 4.28. The van der Waals surface area contributed by atoms with Crippen LogP contribution in [0.4, 0.5) is 5.69 Å². The molecule has 0 amide bonds. The van der Waals surface area contributed by atoms with E-state index < -0.39 is 0 Å². The second-order valence-corrected chi connectivity index (χ2v) is 6.62. The molecule has 2 rings (SSSR count). The van der Waals surface area contributed by atoms with E-state index in [-0.39, 0.29) is 6.04 Å². The van der Waals surface area contributed by atoms with Crippen molar-refractivity contribution in [3.05, 3.63) is 53.1 Å². The lowest BCUT2D eigenvalue weighted by Gasteiger charge is -2.20. The van der Waals surface area contributed by atoms with Crippen molar-refractivity contribution in [2.24, 2.45) is 0 Å².